The van der Waals surface area contributed by atoms with Crippen molar-refractivity contribution in [3.63, 3.8) is 0 Å². The molecule has 14 heavy (non-hydrogen) atoms. The summed E-state index contributed by atoms with van der Waals surface area (Å²) >= 11 is 0. The minimum absolute atomic E-state index is 0.0343. The molecule has 5 heteroatoms. The molecule has 0 fully saturated rings. The molecular formula is C9H9NO4. The summed E-state index contributed by atoms with van der Waals surface area (Å²) in [6.07, 6.45) is 0. The van der Waals surface area contributed by atoms with Crippen LogP contribution >= 0.6 is 0 Å². The van der Waals surface area contributed by atoms with Gasteiger partial charge < -0.3 is 15.5 Å². The van der Waals surface area contributed by atoms with Gasteiger partial charge in [-0.05, 0) is 18.2 Å². The Labute approximate surface area is 80.0 Å². The summed E-state index contributed by atoms with van der Waals surface area (Å²) in [5, 5.41) is 19.5. The van der Waals surface area contributed by atoms with Gasteiger partial charge in [0.1, 0.15) is 12.3 Å². The Hall–Kier alpha value is -2.04. The Kier molecular flexibility index (Phi) is 3.06. The smallest absolute Gasteiger partial charge is 0.322 e. The number of aromatic hydroxyl groups is 1. The van der Waals surface area contributed by atoms with Gasteiger partial charge in [-0.3, -0.25) is 9.59 Å². The standard InChI is InChI=1S/C9H9NO4/c11-7-3-1-2-6(4-7)9(14)10-5-8(12)13/h1-4,11H,5H2,(H,10,14)(H,12,13)/i5+1,8+1. The molecule has 0 saturated heterocycles. The van der Waals surface area contributed by atoms with Crippen LogP contribution in [0.15, 0.2) is 24.3 Å². The molecule has 0 aromatic heterocycles. The molecule has 1 aromatic carbocycles. The maximum Gasteiger partial charge on any atom is 0.322 e. The van der Waals surface area contributed by atoms with E-state index in [0.29, 0.717) is 0 Å². The number of carboxylic acid groups (broad SMARTS) is 1. The molecule has 0 spiro atoms. The van der Waals surface area contributed by atoms with Gasteiger partial charge in [-0.15, -0.1) is 0 Å². The van der Waals surface area contributed by atoms with Crippen molar-refractivity contribution < 1.29 is 19.8 Å². The third-order valence-electron chi connectivity index (χ3n) is 1.51. The summed E-state index contributed by atoms with van der Waals surface area (Å²) in [6.45, 7) is -0.436. The first-order valence-corrected chi connectivity index (χ1v) is 3.88. The van der Waals surface area contributed by atoms with Gasteiger partial charge in [0.25, 0.3) is 5.91 Å². The molecule has 0 atom stereocenters. The highest BCUT2D eigenvalue weighted by molar-refractivity contribution is 5.96. The van der Waals surface area contributed by atoms with Gasteiger partial charge in [-0.1, -0.05) is 6.07 Å². The maximum atomic E-state index is 11.2. The van der Waals surface area contributed by atoms with Gasteiger partial charge in [0.15, 0.2) is 0 Å². The Morgan fingerprint density at radius 3 is 2.64 bits per heavy atom. The second-order valence-corrected chi connectivity index (χ2v) is 2.63. The quantitative estimate of drug-likeness (QED) is 0.604. The van der Waals surface area contributed by atoms with Crippen LogP contribution in [0.5, 0.6) is 5.75 Å². The van der Waals surface area contributed by atoms with Crippen molar-refractivity contribution in [2.75, 3.05) is 6.54 Å². The minimum Gasteiger partial charge on any atom is -0.508 e. The third-order valence-corrected chi connectivity index (χ3v) is 1.51. The van der Waals surface area contributed by atoms with Gasteiger partial charge >= 0.3 is 5.97 Å². The first-order valence-electron chi connectivity index (χ1n) is 3.88. The molecule has 0 aliphatic heterocycles. The van der Waals surface area contributed by atoms with Crippen LogP contribution in [-0.4, -0.2) is 28.6 Å². The number of hydrogen-bond acceptors (Lipinski definition) is 3. The lowest BCUT2D eigenvalue weighted by molar-refractivity contribution is -0.135. The van der Waals surface area contributed by atoms with Crippen LogP contribution in [0.4, 0.5) is 0 Å². The fourth-order valence-electron chi connectivity index (χ4n) is 0.905. The fourth-order valence-corrected chi connectivity index (χ4v) is 0.905. The van der Waals surface area contributed by atoms with E-state index >= 15 is 0 Å². The van der Waals surface area contributed by atoms with Crippen molar-refractivity contribution in [1.29, 1.82) is 0 Å². The number of carboxylic acids is 1. The third kappa shape index (κ3) is 2.78. The zero-order valence-electron chi connectivity index (χ0n) is 7.23. The second-order valence-electron chi connectivity index (χ2n) is 2.63. The van der Waals surface area contributed by atoms with Gasteiger partial charge in [-0.25, -0.2) is 0 Å². The molecule has 0 aliphatic carbocycles. The number of carbonyl (C=O) groups is 2. The summed E-state index contributed by atoms with van der Waals surface area (Å²) < 4.78 is 0. The molecule has 5 nitrogen and oxygen atoms in total. The normalized spacial score (nSPS) is 9.43. The first kappa shape index (κ1) is 10.0. The van der Waals surface area contributed by atoms with E-state index in [4.69, 9.17) is 10.2 Å². The van der Waals surface area contributed by atoms with Crippen molar-refractivity contribution in [2.24, 2.45) is 0 Å². The number of phenols is 1. The SMILES string of the molecule is O=C(N[13CH2][13C](=O)O)c1cccc(O)c1. The monoisotopic (exact) mass is 197 g/mol. The van der Waals surface area contributed by atoms with Crippen LogP contribution in [0.3, 0.4) is 0 Å². The second kappa shape index (κ2) is 4.27. The van der Waals surface area contributed by atoms with E-state index in [-0.39, 0.29) is 11.3 Å². The Morgan fingerprint density at radius 2 is 2.07 bits per heavy atom. The average molecular weight is 197 g/mol. The highest BCUT2D eigenvalue weighted by atomic mass is 16.5. The number of aliphatic carboxylic acids is 1. The molecule has 1 aromatic rings. The van der Waals surface area contributed by atoms with Crippen LogP contribution < -0.4 is 5.32 Å². The molecule has 0 aliphatic rings. The lowest BCUT2D eigenvalue weighted by atomic mass is 10.2. The van der Waals surface area contributed by atoms with E-state index in [2.05, 4.69) is 5.32 Å². The molecule has 0 saturated carbocycles. The first-order chi connectivity index (χ1) is 6.59. The van der Waals surface area contributed by atoms with Crippen LogP contribution in [0, 0.1) is 0 Å². The molecule has 0 bridgehead atoms. The van der Waals surface area contributed by atoms with E-state index in [1.54, 1.807) is 0 Å². The predicted molar refractivity (Wildman–Crippen MR) is 48.1 cm³/mol. The predicted octanol–water partition coefficient (Wildman–Crippen LogP) is 0.207. The number of benzene rings is 1. The van der Waals surface area contributed by atoms with Crippen LogP contribution in [0.1, 0.15) is 10.4 Å². The molecule has 0 radical (unpaired) electrons. The number of nitrogens with one attached hydrogen (secondary N) is 1. The van der Waals surface area contributed by atoms with E-state index in [9.17, 15) is 9.59 Å². The molecule has 1 rings (SSSR count). The Balaban J connectivity index is 2.65. The van der Waals surface area contributed by atoms with Crippen molar-refractivity contribution >= 4 is 11.9 Å². The summed E-state index contributed by atoms with van der Waals surface area (Å²) in [5.41, 5.74) is 0.228. The lowest BCUT2D eigenvalue weighted by Crippen LogP contribution is -2.29. The average Bonchev–Trinajstić information content (AvgIpc) is 2.14. The molecule has 74 valence electrons. The minimum atomic E-state index is -1.11. The lowest BCUT2D eigenvalue weighted by Gasteiger charge is -2.01. The molecular weight excluding hydrogens is 188 g/mol. The number of carbonyl (C=O) groups excluding carboxylic acids is 1. The summed E-state index contributed by atoms with van der Waals surface area (Å²) in [6, 6.07) is 5.67. The number of phenolic OH excluding ortho intramolecular Hbond substituents is 1. The Bertz CT molecular complexity index is 362. The van der Waals surface area contributed by atoms with Gasteiger partial charge in [0, 0.05) is 5.56 Å². The van der Waals surface area contributed by atoms with Crippen LogP contribution in [0.25, 0.3) is 0 Å². The molecule has 0 unspecified atom stereocenters. The van der Waals surface area contributed by atoms with E-state index in [1.807, 2.05) is 0 Å². The van der Waals surface area contributed by atoms with Crippen molar-refractivity contribution in [2.45, 2.75) is 0 Å². The molecule has 1 amide bonds. The zero-order valence-corrected chi connectivity index (χ0v) is 7.23. The summed E-state index contributed by atoms with van der Waals surface area (Å²) in [4.78, 5) is 21.4. The number of hydrogen-bond donors (Lipinski definition) is 3. The van der Waals surface area contributed by atoms with E-state index in [1.165, 1.54) is 24.3 Å². The van der Waals surface area contributed by atoms with Crippen LogP contribution in [-0.2, 0) is 4.79 Å². The highest BCUT2D eigenvalue weighted by Crippen LogP contribution is 2.10. The highest BCUT2D eigenvalue weighted by Gasteiger charge is 2.06. The topological polar surface area (TPSA) is 86.6 Å². The maximum absolute atomic E-state index is 11.2. The largest absolute Gasteiger partial charge is 0.508 e. The van der Waals surface area contributed by atoms with Gasteiger partial charge in [0.2, 0.25) is 0 Å². The van der Waals surface area contributed by atoms with E-state index in [0.717, 1.165) is 0 Å². The number of rotatable bonds is 3. The summed E-state index contributed by atoms with van der Waals surface area (Å²) in [7, 11) is 0. The Morgan fingerprint density at radius 1 is 1.36 bits per heavy atom. The fraction of sp³-hybridized carbons (Fsp3) is 0.111. The summed E-state index contributed by atoms with van der Waals surface area (Å²) in [5.74, 6) is -1.67. The van der Waals surface area contributed by atoms with Crippen molar-refractivity contribution in [3.05, 3.63) is 29.8 Å². The van der Waals surface area contributed by atoms with E-state index < -0.39 is 18.4 Å². The van der Waals surface area contributed by atoms with Crippen LogP contribution in [0.2, 0.25) is 0 Å². The van der Waals surface area contributed by atoms with Crippen molar-refractivity contribution in [3.8, 4) is 5.75 Å². The number of amides is 1. The van der Waals surface area contributed by atoms with Gasteiger partial charge in [0.05, 0.1) is 0 Å². The molecule has 0 heterocycles. The van der Waals surface area contributed by atoms with Gasteiger partial charge in [-0.2, -0.15) is 0 Å². The molecule has 3 N–H and O–H groups in total. The van der Waals surface area contributed by atoms with Crippen molar-refractivity contribution in [1.82, 2.24) is 5.32 Å². The zero-order chi connectivity index (χ0) is 10.6.